The number of imidazole rings is 1. The molecule has 6 rings (SSSR count). The minimum atomic E-state index is -0.529. The van der Waals surface area contributed by atoms with E-state index in [-0.39, 0.29) is 23.3 Å². The number of carbonyl (C=O) groups is 1. The first-order valence-electron chi connectivity index (χ1n) is 13.9. The Labute approximate surface area is 252 Å². The Morgan fingerprint density at radius 2 is 1.83 bits per heavy atom. The number of amides is 1. The second-order valence-corrected chi connectivity index (χ2v) is 11.3. The Hall–Kier alpha value is -4.08. The SMILES string of the molecule is O=C(Cc1ccc(Cl)cc1-n1c(C2CCCCC2)nc(-c2nn[nH]n2)c1-c1ccc(F)c(Cl)c1)NCc1ccccc1. The lowest BCUT2D eigenvalue weighted by Gasteiger charge is -2.24. The van der Waals surface area contributed by atoms with Gasteiger partial charge in [0.1, 0.15) is 17.3 Å². The van der Waals surface area contributed by atoms with Crippen LogP contribution < -0.4 is 5.32 Å². The third-order valence-electron chi connectivity index (χ3n) is 7.60. The molecular formula is C31H28Cl2FN7O. The van der Waals surface area contributed by atoms with E-state index in [4.69, 9.17) is 28.2 Å². The molecule has 11 heteroatoms. The van der Waals surface area contributed by atoms with Crippen LogP contribution in [0.1, 0.15) is 55.0 Å². The second-order valence-electron chi connectivity index (χ2n) is 10.4. The van der Waals surface area contributed by atoms with Gasteiger partial charge in [-0.3, -0.25) is 9.36 Å². The van der Waals surface area contributed by atoms with Crippen LogP contribution in [0.25, 0.3) is 28.5 Å². The Morgan fingerprint density at radius 1 is 1.02 bits per heavy atom. The molecule has 3 aromatic carbocycles. The average molecular weight is 605 g/mol. The number of tetrazole rings is 1. The van der Waals surface area contributed by atoms with E-state index < -0.39 is 5.82 Å². The molecule has 0 unspecified atom stereocenters. The molecule has 1 aliphatic carbocycles. The van der Waals surface area contributed by atoms with E-state index in [1.165, 1.54) is 12.5 Å². The van der Waals surface area contributed by atoms with E-state index in [1.54, 1.807) is 18.2 Å². The number of carbonyl (C=O) groups excluding carboxylic acids is 1. The van der Waals surface area contributed by atoms with Gasteiger partial charge in [-0.15, -0.1) is 10.2 Å². The maximum absolute atomic E-state index is 14.3. The molecule has 0 saturated heterocycles. The number of rotatable bonds is 8. The fraction of sp³-hybridized carbons (Fsp3) is 0.258. The van der Waals surface area contributed by atoms with E-state index in [0.29, 0.717) is 40.0 Å². The fourth-order valence-corrected chi connectivity index (χ4v) is 5.92. The summed E-state index contributed by atoms with van der Waals surface area (Å²) < 4.78 is 16.3. The van der Waals surface area contributed by atoms with E-state index in [0.717, 1.165) is 42.6 Å². The van der Waals surface area contributed by atoms with Gasteiger partial charge in [-0.2, -0.15) is 5.21 Å². The van der Waals surface area contributed by atoms with Gasteiger partial charge in [0.25, 0.3) is 0 Å². The molecule has 0 aliphatic heterocycles. The van der Waals surface area contributed by atoms with Gasteiger partial charge in [0.2, 0.25) is 11.7 Å². The third-order valence-corrected chi connectivity index (χ3v) is 8.12. The van der Waals surface area contributed by atoms with Crippen molar-refractivity contribution >= 4 is 29.1 Å². The first-order chi connectivity index (χ1) is 20.5. The molecule has 1 saturated carbocycles. The Bertz CT molecular complexity index is 1700. The molecule has 1 fully saturated rings. The van der Waals surface area contributed by atoms with Crippen molar-refractivity contribution in [3.05, 3.63) is 99.5 Å². The number of aromatic nitrogens is 6. The lowest BCUT2D eigenvalue weighted by Crippen LogP contribution is -2.25. The van der Waals surface area contributed by atoms with Crippen LogP contribution in [0.15, 0.2) is 66.7 Å². The first kappa shape index (κ1) is 28.1. The van der Waals surface area contributed by atoms with Crippen LogP contribution >= 0.6 is 23.2 Å². The highest BCUT2D eigenvalue weighted by atomic mass is 35.5. The zero-order chi connectivity index (χ0) is 29.1. The molecule has 0 radical (unpaired) electrons. The number of halogens is 3. The van der Waals surface area contributed by atoms with Crippen LogP contribution in [0.2, 0.25) is 10.0 Å². The minimum absolute atomic E-state index is 0.0230. The van der Waals surface area contributed by atoms with Gasteiger partial charge in [-0.05, 0) is 59.5 Å². The first-order valence-corrected chi connectivity index (χ1v) is 14.6. The van der Waals surface area contributed by atoms with E-state index in [2.05, 4.69) is 25.9 Å². The van der Waals surface area contributed by atoms with Gasteiger partial charge in [-0.25, -0.2) is 9.37 Å². The predicted molar refractivity (Wildman–Crippen MR) is 160 cm³/mol. The number of nitrogens with one attached hydrogen (secondary N) is 2. The lowest BCUT2D eigenvalue weighted by atomic mass is 9.88. The monoisotopic (exact) mass is 603 g/mol. The van der Waals surface area contributed by atoms with Crippen molar-refractivity contribution < 1.29 is 9.18 Å². The summed E-state index contributed by atoms with van der Waals surface area (Å²) in [6.45, 7) is 0.419. The summed E-state index contributed by atoms with van der Waals surface area (Å²) in [6, 6.07) is 19.8. The van der Waals surface area contributed by atoms with Gasteiger partial charge in [-0.1, -0.05) is 78.9 Å². The highest BCUT2D eigenvalue weighted by molar-refractivity contribution is 6.31. The van der Waals surface area contributed by atoms with Crippen molar-refractivity contribution in [1.82, 2.24) is 35.5 Å². The van der Waals surface area contributed by atoms with Crippen LogP contribution in [-0.2, 0) is 17.8 Å². The molecule has 0 bridgehead atoms. The summed E-state index contributed by atoms with van der Waals surface area (Å²) in [5.74, 6) is 0.585. The average Bonchev–Trinajstić information content (AvgIpc) is 3.68. The summed E-state index contributed by atoms with van der Waals surface area (Å²) in [5, 5.41) is 18.2. The molecule has 5 aromatic rings. The van der Waals surface area contributed by atoms with Crippen molar-refractivity contribution in [3.8, 4) is 28.5 Å². The van der Waals surface area contributed by atoms with Gasteiger partial charge in [0, 0.05) is 23.0 Å². The fourth-order valence-electron chi connectivity index (χ4n) is 5.57. The molecule has 214 valence electrons. The molecule has 2 aromatic heterocycles. The normalized spacial score (nSPS) is 13.8. The van der Waals surface area contributed by atoms with Crippen molar-refractivity contribution in [3.63, 3.8) is 0 Å². The zero-order valence-electron chi connectivity index (χ0n) is 22.7. The summed E-state index contributed by atoms with van der Waals surface area (Å²) in [4.78, 5) is 18.3. The van der Waals surface area contributed by atoms with Crippen LogP contribution in [0, 0.1) is 5.82 Å². The van der Waals surface area contributed by atoms with Gasteiger partial charge in [0.05, 0.1) is 22.8 Å². The van der Waals surface area contributed by atoms with Crippen molar-refractivity contribution in [2.45, 2.75) is 51.0 Å². The Kier molecular flexibility index (Phi) is 8.30. The summed E-state index contributed by atoms with van der Waals surface area (Å²) in [6.07, 6.45) is 5.36. The largest absolute Gasteiger partial charge is 0.352 e. The zero-order valence-corrected chi connectivity index (χ0v) is 24.2. The van der Waals surface area contributed by atoms with E-state index >= 15 is 0 Å². The third kappa shape index (κ3) is 5.93. The van der Waals surface area contributed by atoms with Gasteiger partial charge >= 0.3 is 0 Å². The number of hydrogen-bond acceptors (Lipinski definition) is 5. The number of nitrogens with zero attached hydrogens (tertiary/aromatic N) is 5. The molecule has 42 heavy (non-hydrogen) atoms. The highest BCUT2D eigenvalue weighted by Crippen LogP contribution is 2.42. The smallest absolute Gasteiger partial charge is 0.225 e. The molecule has 2 heterocycles. The van der Waals surface area contributed by atoms with Crippen LogP contribution in [0.4, 0.5) is 4.39 Å². The number of hydrogen-bond donors (Lipinski definition) is 2. The molecule has 1 aliphatic rings. The summed E-state index contributed by atoms with van der Waals surface area (Å²) in [5.41, 5.74) is 4.19. The molecule has 2 N–H and O–H groups in total. The topological polar surface area (TPSA) is 101 Å². The standard InChI is InChI=1S/C31H28Cl2FN7O/c32-23-13-11-21(16-27(42)35-18-19-7-3-1-4-8-19)26(17-23)41-29(22-12-14-25(34)24(33)15-22)28(30-37-39-40-38-30)36-31(41)20-9-5-2-6-10-20/h1,3-4,7-8,11-15,17,20H,2,5-6,9-10,16,18H2,(H,35,42)(H,37,38,39,40). The maximum Gasteiger partial charge on any atom is 0.225 e. The maximum atomic E-state index is 14.3. The van der Waals surface area contributed by atoms with Crippen LogP contribution in [-0.4, -0.2) is 36.1 Å². The number of benzene rings is 3. The minimum Gasteiger partial charge on any atom is -0.352 e. The Morgan fingerprint density at radius 3 is 2.57 bits per heavy atom. The van der Waals surface area contributed by atoms with E-state index in [9.17, 15) is 9.18 Å². The quantitative estimate of drug-likeness (QED) is 0.197. The van der Waals surface area contributed by atoms with Crippen molar-refractivity contribution in [1.29, 1.82) is 0 Å². The molecule has 0 atom stereocenters. The van der Waals surface area contributed by atoms with Crippen LogP contribution in [0.5, 0.6) is 0 Å². The predicted octanol–water partition coefficient (Wildman–Crippen LogP) is 7.07. The van der Waals surface area contributed by atoms with Crippen LogP contribution in [0.3, 0.4) is 0 Å². The number of H-pyrrole nitrogens is 1. The van der Waals surface area contributed by atoms with Gasteiger partial charge < -0.3 is 5.32 Å². The van der Waals surface area contributed by atoms with Gasteiger partial charge in [0.15, 0.2) is 0 Å². The summed E-state index contributed by atoms with van der Waals surface area (Å²) in [7, 11) is 0. The lowest BCUT2D eigenvalue weighted by molar-refractivity contribution is -0.120. The molecular weight excluding hydrogens is 576 g/mol. The highest BCUT2D eigenvalue weighted by Gasteiger charge is 2.30. The molecule has 8 nitrogen and oxygen atoms in total. The molecule has 0 spiro atoms. The van der Waals surface area contributed by atoms with Crippen molar-refractivity contribution in [2.75, 3.05) is 0 Å². The van der Waals surface area contributed by atoms with Crippen molar-refractivity contribution in [2.24, 2.45) is 0 Å². The van der Waals surface area contributed by atoms with E-state index in [1.807, 2.05) is 47.0 Å². The molecule has 1 amide bonds. The Balaban J connectivity index is 1.51. The number of aromatic amines is 1. The second kappa shape index (κ2) is 12.4. The summed E-state index contributed by atoms with van der Waals surface area (Å²) >= 11 is 12.9.